The van der Waals surface area contributed by atoms with Crippen LogP contribution >= 0.6 is 11.3 Å². The van der Waals surface area contributed by atoms with Gasteiger partial charge >= 0.3 is 0 Å². The number of halogens is 1. The molecule has 0 saturated heterocycles. The Morgan fingerprint density at radius 1 is 1.38 bits per heavy atom. The van der Waals surface area contributed by atoms with Crippen molar-refractivity contribution in [2.24, 2.45) is 5.84 Å². The van der Waals surface area contributed by atoms with Crippen molar-refractivity contribution in [2.75, 3.05) is 0 Å². The summed E-state index contributed by atoms with van der Waals surface area (Å²) >= 11 is 1.53. The van der Waals surface area contributed by atoms with Gasteiger partial charge in [-0.25, -0.2) is 9.37 Å². The molecule has 0 bridgehead atoms. The SMILES string of the molecule is NNC(Cc1ccc(F)cc1)c1cscn1. The fourth-order valence-electron chi connectivity index (χ4n) is 1.50. The molecule has 1 unspecified atom stereocenters. The Hall–Kier alpha value is -1.30. The van der Waals surface area contributed by atoms with Crippen LogP contribution in [-0.2, 0) is 6.42 Å². The molecule has 0 radical (unpaired) electrons. The quantitative estimate of drug-likeness (QED) is 0.632. The average molecular weight is 237 g/mol. The number of nitrogens with one attached hydrogen (secondary N) is 1. The number of benzene rings is 1. The second-order valence-electron chi connectivity index (χ2n) is 3.46. The number of hydrogen-bond acceptors (Lipinski definition) is 4. The van der Waals surface area contributed by atoms with Gasteiger partial charge in [-0.15, -0.1) is 11.3 Å². The highest BCUT2D eigenvalue weighted by molar-refractivity contribution is 7.07. The second-order valence-corrected chi connectivity index (χ2v) is 4.18. The number of aromatic nitrogens is 1. The van der Waals surface area contributed by atoms with Gasteiger partial charge in [-0.3, -0.25) is 11.3 Å². The largest absolute Gasteiger partial charge is 0.271 e. The van der Waals surface area contributed by atoms with Crippen molar-refractivity contribution in [2.45, 2.75) is 12.5 Å². The Morgan fingerprint density at radius 3 is 2.69 bits per heavy atom. The molecule has 0 saturated carbocycles. The molecule has 1 aromatic heterocycles. The highest BCUT2D eigenvalue weighted by atomic mass is 32.1. The molecule has 1 heterocycles. The summed E-state index contributed by atoms with van der Waals surface area (Å²) in [6, 6.07) is 6.38. The summed E-state index contributed by atoms with van der Waals surface area (Å²) in [7, 11) is 0. The molecule has 0 aliphatic heterocycles. The van der Waals surface area contributed by atoms with E-state index in [9.17, 15) is 4.39 Å². The van der Waals surface area contributed by atoms with Crippen LogP contribution in [0.5, 0.6) is 0 Å². The molecule has 1 atom stereocenters. The Morgan fingerprint density at radius 2 is 2.12 bits per heavy atom. The lowest BCUT2D eigenvalue weighted by Crippen LogP contribution is -2.29. The maximum Gasteiger partial charge on any atom is 0.123 e. The van der Waals surface area contributed by atoms with Crippen molar-refractivity contribution >= 4 is 11.3 Å². The van der Waals surface area contributed by atoms with Gasteiger partial charge in [0.2, 0.25) is 0 Å². The van der Waals surface area contributed by atoms with Crippen LogP contribution in [0.1, 0.15) is 17.3 Å². The van der Waals surface area contributed by atoms with E-state index in [0.29, 0.717) is 6.42 Å². The first-order valence-corrected chi connectivity index (χ1v) is 5.82. The van der Waals surface area contributed by atoms with Crippen LogP contribution in [0.25, 0.3) is 0 Å². The molecule has 3 N–H and O–H groups in total. The summed E-state index contributed by atoms with van der Waals surface area (Å²) in [5.41, 5.74) is 6.43. The van der Waals surface area contributed by atoms with Crippen molar-refractivity contribution in [3.63, 3.8) is 0 Å². The van der Waals surface area contributed by atoms with E-state index in [1.165, 1.54) is 23.5 Å². The van der Waals surface area contributed by atoms with Crippen LogP contribution in [0.3, 0.4) is 0 Å². The zero-order chi connectivity index (χ0) is 11.4. The Balaban J connectivity index is 2.10. The van der Waals surface area contributed by atoms with Crippen molar-refractivity contribution < 1.29 is 4.39 Å². The van der Waals surface area contributed by atoms with Crippen molar-refractivity contribution in [1.29, 1.82) is 0 Å². The smallest absolute Gasteiger partial charge is 0.123 e. The molecule has 0 spiro atoms. The van der Waals surface area contributed by atoms with Gasteiger partial charge in [0, 0.05) is 5.38 Å². The highest BCUT2D eigenvalue weighted by Gasteiger charge is 2.12. The summed E-state index contributed by atoms with van der Waals surface area (Å²) in [6.07, 6.45) is 0.695. The van der Waals surface area contributed by atoms with Gasteiger partial charge in [0.05, 0.1) is 17.2 Å². The fraction of sp³-hybridized carbons (Fsp3) is 0.182. The molecule has 84 valence electrons. The zero-order valence-corrected chi connectivity index (χ0v) is 9.38. The van der Waals surface area contributed by atoms with E-state index in [1.807, 2.05) is 5.38 Å². The minimum atomic E-state index is -0.227. The minimum Gasteiger partial charge on any atom is -0.271 e. The molecule has 0 amide bonds. The monoisotopic (exact) mass is 237 g/mol. The van der Waals surface area contributed by atoms with E-state index < -0.39 is 0 Å². The number of thiazole rings is 1. The topological polar surface area (TPSA) is 50.9 Å². The first-order valence-electron chi connectivity index (χ1n) is 4.88. The van der Waals surface area contributed by atoms with E-state index in [-0.39, 0.29) is 11.9 Å². The Kier molecular flexibility index (Phi) is 3.61. The molecule has 0 fully saturated rings. The summed E-state index contributed by atoms with van der Waals surface area (Å²) < 4.78 is 12.7. The third kappa shape index (κ3) is 2.63. The molecule has 1 aromatic carbocycles. The normalized spacial score (nSPS) is 12.6. The van der Waals surface area contributed by atoms with Crippen LogP contribution in [-0.4, -0.2) is 4.98 Å². The number of hydrazine groups is 1. The van der Waals surface area contributed by atoms with Crippen molar-refractivity contribution in [3.05, 3.63) is 52.2 Å². The first-order chi connectivity index (χ1) is 7.79. The third-order valence-electron chi connectivity index (χ3n) is 2.36. The molecule has 16 heavy (non-hydrogen) atoms. The van der Waals surface area contributed by atoms with Crippen LogP contribution in [0.4, 0.5) is 4.39 Å². The molecular weight excluding hydrogens is 225 g/mol. The van der Waals surface area contributed by atoms with Gasteiger partial charge in [-0.2, -0.15) is 0 Å². The molecule has 5 heteroatoms. The number of nitrogens with two attached hydrogens (primary N) is 1. The Labute approximate surface area is 97.1 Å². The standard InChI is InChI=1S/C11H12FN3S/c12-9-3-1-8(2-4-9)5-10(15-13)11-6-16-7-14-11/h1-4,6-7,10,15H,5,13H2. The molecule has 2 aromatic rings. The average Bonchev–Trinajstić information content (AvgIpc) is 2.82. The van der Waals surface area contributed by atoms with E-state index >= 15 is 0 Å². The minimum absolute atomic E-state index is 0.0308. The fourth-order valence-corrected chi connectivity index (χ4v) is 2.11. The predicted molar refractivity (Wildman–Crippen MR) is 62.3 cm³/mol. The molecule has 0 aliphatic carbocycles. The van der Waals surface area contributed by atoms with Gasteiger partial charge in [0.25, 0.3) is 0 Å². The van der Waals surface area contributed by atoms with Gasteiger partial charge in [-0.1, -0.05) is 12.1 Å². The highest BCUT2D eigenvalue weighted by Crippen LogP contribution is 2.17. The summed E-state index contributed by atoms with van der Waals surface area (Å²) in [5.74, 6) is 5.26. The number of hydrogen-bond donors (Lipinski definition) is 2. The molecule has 2 rings (SSSR count). The van der Waals surface area contributed by atoms with Gasteiger partial charge < -0.3 is 0 Å². The van der Waals surface area contributed by atoms with Crippen LogP contribution < -0.4 is 11.3 Å². The second kappa shape index (κ2) is 5.16. The first kappa shape index (κ1) is 11.2. The van der Waals surface area contributed by atoms with Crippen molar-refractivity contribution in [3.8, 4) is 0 Å². The molecule has 0 aliphatic rings. The third-order valence-corrected chi connectivity index (χ3v) is 2.97. The van der Waals surface area contributed by atoms with E-state index in [0.717, 1.165) is 11.3 Å². The van der Waals surface area contributed by atoms with E-state index in [4.69, 9.17) is 5.84 Å². The maximum absolute atomic E-state index is 12.7. The van der Waals surface area contributed by atoms with E-state index in [1.54, 1.807) is 17.6 Å². The lowest BCUT2D eigenvalue weighted by atomic mass is 10.0. The van der Waals surface area contributed by atoms with Crippen LogP contribution in [0.15, 0.2) is 35.2 Å². The summed E-state index contributed by atoms with van der Waals surface area (Å²) in [4.78, 5) is 4.20. The number of nitrogens with zero attached hydrogens (tertiary/aromatic N) is 1. The van der Waals surface area contributed by atoms with Crippen LogP contribution in [0, 0.1) is 5.82 Å². The van der Waals surface area contributed by atoms with E-state index in [2.05, 4.69) is 10.4 Å². The van der Waals surface area contributed by atoms with Crippen LogP contribution in [0.2, 0.25) is 0 Å². The van der Waals surface area contributed by atoms with Gasteiger partial charge in [0.15, 0.2) is 0 Å². The predicted octanol–water partition coefficient (Wildman–Crippen LogP) is 2.03. The van der Waals surface area contributed by atoms with Gasteiger partial charge in [-0.05, 0) is 24.1 Å². The summed E-state index contributed by atoms with van der Waals surface area (Å²) in [5, 5.41) is 1.95. The molecule has 3 nitrogen and oxygen atoms in total. The molecular formula is C11H12FN3S. The maximum atomic E-state index is 12.7. The Bertz CT molecular complexity index is 427. The summed E-state index contributed by atoms with van der Waals surface area (Å²) in [6.45, 7) is 0. The zero-order valence-electron chi connectivity index (χ0n) is 8.56. The van der Waals surface area contributed by atoms with Crippen molar-refractivity contribution in [1.82, 2.24) is 10.4 Å². The number of rotatable bonds is 4. The lowest BCUT2D eigenvalue weighted by Gasteiger charge is -2.13. The van der Waals surface area contributed by atoms with Gasteiger partial charge in [0.1, 0.15) is 5.82 Å². The lowest BCUT2D eigenvalue weighted by molar-refractivity contribution is 0.540.